The average Bonchev–Trinajstić information content (AvgIpc) is 2.55. The van der Waals surface area contributed by atoms with Crippen molar-refractivity contribution in [3.05, 3.63) is 54.6 Å². The summed E-state index contributed by atoms with van der Waals surface area (Å²) < 4.78 is 0. The lowest BCUT2D eigenvalue weighted by Gasteiger charge is -2.12. The third-order valence-corrected chi connectivity index (χ3v) is 3.49. The number of nitrogens with zero attached hydrogens (tertiary/aromatic N) is 2. The van der Waals surface area contributed by atoms with Crippen LogP contribution in [0.5, 0.6) is 0 Å². The monoisotopic (exact) mass is 327 g/mol. The Bertz CT molecular complexity index is 902. The zero-order chi connectivity index (χ0) is 15.5. The Labute approximate surface area is 140 Å². The first-order valence-electron chi connectivity index (χ1n) is 6.93. The highest BCUT2D eigenvalue weighted by molar-refractivity contribution is 6.15. The minimum atomic E-state index is 0. The molecule has 0 fully saturated rings. The molecule has 0 atom stereocenters. The molecule has 0 saturated heterocycles. The second-order valence-electron chi connectivity index (χ2n) is 4.89. The summed E-state index contributed by atoms with van der Waals surface area (Å²) in [5.74, 6) is 0.346. The van der Waals surface area contributed by atoms with Gasteiger partial charge in [0.15, 0.2) is 0 Å². The van der Waals surface area contributed by atoms with Crippen molar-refractivity contribution in [2.24, 2.45) is 21.5 Å². The number of nitrogens with one attached hydrogen (secondary N) is 1. The number of hydrogen-bond acceptors (Lipinski definition) is 1. The fourth-order valence-electron chi connectivity index (χ4n) is 2.50. The summed E-state index contributed by atoms with van der Waals surface area (Å²) in [4.78, 5) is 7.76. The minimum Gasteiger partial charge on any atom is -0.369 e. The summed E-state index contributed by atoms with van der Waals surface area (Å²) in [5, 5.41) is 7.68. The third kappa shape index (κ3) is 3.35. The fourth-order valence-corrected chi connectivity index (χ4v) is 2.50. The minimum absolute atomic E-state index is 0. The maximum absolute atomic E-state index is 5.90. The van der Waals surface area contributed by atoms with Crippen LogP contribution < -0.4 is 16.8 Å². The van der Waals surface area contributed by atoms with Gasteiger partial charge in [-0.25, -0.2) is 0 Å². The summed E-state index contributed by atoms with van der Waals surface area (Å²) in [5.41, 5.74) is 12.4. The van der Waals surface area contributed by atoms with Crippen molar-refractivity contribution in [3.63, 3.8) is 0 Å². The van der Waals surface area contributed by atoms with E-state index in [1.165, 1.54) is 5.39 Å². The number of rotatable bonds is 1. The number of aliphatic imine (C=N–C) groups is 2. The van der Waals surface area contributed by atoms with E-state index in [9.17, 15) is 0 Å². The quantitative estimate of drug-likeness (QED) is 0.364. The molecule has 0 unspecified atom stereocenters. The molecule has 0 bridgehead atoms. The van der Waals surface area contributed by atoms with Gasteiger partial charge in [0.1, 0.15) is 0 Å². The molecule has 3 aromatic rings. The van der Waals surface area contributed by atoms with Crippen LogP contribution in [0.2, 0.25) is 0 Å². The van der Waals surface area contributed by atoms with Gasteiger partial charge >= 0.3 is 0 Å². The van der Waals surface area contributed by atoms with Crippen LogP contribution in [0, 0.1) is 0 Å². The maximum Gasteiger partial charge on any atom is 0.218 e. The summed E-state index contributed by atoms with van der Waals surface area (Å²) >= 11 is 0. The highest BCUT2D eigenvalue weighted by atomic mass is 35.5. The molecule has 0 amide bonds. The molecule has 5 nitrogen and oxygen atoms in total. The van der Waals surface area contributed by atoms with Gasteiger partial charge in [-0.15, -0.1) is 12.4 Å². The second-order valence-corrected chi connectivity index (χ2v) is 4.89. The summed E-state index contributed by atoms with van der Waals surface area (Å²) in [7, 11) is 1.57. The van der Waals surface area contributed by atoms with Crippen molar-refractivity contribution in [3.8, 4) is 0 Å². The third-order valence-electron chi connectivity index (χ3n) is 3.49. The Hall–Kier alpha value is -2.79. The molecular weight excluding hydrogens is 310 g/mol. The van der Waals surface area contributed by atoms with Crippen molar-refractivity contribution in [2.75, 3.05) is 12.4 Å². The lowest BCUT2D eigenvalue weighted by atomic mass is 10.0. The Morgan fingerprint density at radius 2 is 1.52 bits per heavy atom. The molecule has 0 aliphatic carbocycles. The molecule has 0 aromatic heterocycles. The summed E-state index contributed by atoms with van der Waals surface area (Å²) in [6, 6.07) is 18.5. The largest absolute Gasteiger partial charge is 0.369 e. The molecule has 0 aliphatic rings. The molecule has 0 spiro atoms. The predicted molar refractivity (Wildman–Crippen MR) is 101 cm³/mol. The SMILES string of the molecule is CN=C(N)N=C(N)Nc1cc2ccccc2c2ccccc12.Cl. The van der Waals surface area contributed by atoms with Gasteiger partial charge in [0.25, 0.3) is 0 Å². The summed E-state index contributed by atoms with van der Waals surface area (Å²) in [6.07, 6.45) is 0. The highest BCUT2D eigenvalue weighted by Gasteiger charge is 2.06. The van der Waals surface area contributed by atoms with Crippen LogP contribution in [0.1, 0.15) is 0 Å². The molecule has 23 heavy (non-hydrogen) atoms. The predicted octanol–water partition coefficient (Wildman–Crippen LogP) is 3.09. The van der Waals surface area contributed by atoms with Crippen molar-refractivity contribution < 1.29 is 0 Å². The van der Waals surface area contributed by atoms with Gasteiger partial charge in [0.2, 0.25) is 11.9 Å². The molecule has 0 aliphatic heterocycles. The molecule has 3 aromatic carbocycles. The Morgan fingerprint density at radius 3 is 2.22 bits per heavy atom. The number of anilines is 1. The van der Waals surface area contributed by atoms with E-state index in [0.717, 1.165) is 21.8 Å². The van der Waals surface area contributed by atoms with Crippen LogP contribution in [0.3, 0.4) is 0 Å². The first-order chi connectivity index (χ1) is 10.7. The van der Waals surface area contributed by atoms with E-state index in [4.69, 9.17) is 11.5 Å². The topological polar surface area (TPSA) is 88.8 Å². The lowest BCUT2D eigenvalue weighted by Crippen LogP contribution is -2.26. The van der Waals surface area contributed by atoms with Gasteiger partial charge in [-0.3, -0.25) is 4.99 Å². The van der Waals surface area contributed by atoms with E-state index >= 15 is 0 Å². The van der Waals surface area contributed by atoms with E-state index in [1.54, 1.807) is 7.05 Å². The molecule has 3 rings (SSSR count). The Kier molecular flexibility index (Phi) is 5.03. The zero-order valence-electron chi connectivity index (χ0n) is 12.7. The van der Waals surface area contributed by atoms with Gasteiger partial charge in [0, 0.05) is 18.1 Å². The molecule has 6 heteroatoms. The van der Waals surface area contributed by atoms with E-state index in [2.05, 4.69) is 45.6 Å². The van der Waals surface area contributed by atoms with Gasteiger partial charge in [-0.1, -0.05) is 48.5 Å². The van der Waals surface area contributed by atoms with Gasteiger partial charge in [-0.05, 0) is 22.2 Å². The zero-order valence-corrected chi connectivity index (χ0v) is 13.5. The number of guanidine groups is 2. The van der Waals surface area contributed by atoms with Crippen LogP contribution >= 0.6 is 12.4 Å². The van der Waals surface area contributed by atoms with Crippen LogP contribution in [-0.4, -0.2) is 19.0 Å². The molecular formula is C17H18ClN5. The first kappa shape index (κ1) is 16.6. The van der Waals surface area contributed by atoms with E-state index in [0.29, 0.717) is 0 Å². The number of hydrogen-bond donors (Lipinski definition) is 3. The average molecular weight is 328 g/mol. The van der Waals surface area contributed by atoms with Crippen LogP contribution in [-0.2, 0) is 0 Å². The van der Waals surface area contributed by atoms with Crippen LogP contribution in [0.15, 0.2) is 64.6 Å². The number of fused-ring (bicyclic) bond motifs is 3. The smallest absolute Gasteiger partial charge is 0.218 e. The number of benzene rings is 3. The van der Waals surface area contributed by atoms with Crippen molar-refractivity contribution in [1.82, 2.24) is 0 Å². The molecule has 0 heterocycles. The fraction of sp³-hybridized carbons (Fsp3) is 0.0588. The van der Waals surface area contributed by atoms with Gasteiger partial charge < -0.3 is 16.8 Å². The second kappa shape index (κ2) is 6.98. The van der Waals surface area contributed by atoms with E-state index < -0.39 is 0 Å². The van der Waals surface area contributed by atoms with E-state index in [1.807, 2.05) is 24.3 Å². The standard InChI is InChI=1S/C17H17N5.ClH/c1-20-16(18)22-17(19)21-15-10-11-6-2-3-7-12(11)13-8-4-5-9-14(13)15;/h2-10H,1H3,(H5,18,19,20,21,22);1H. The highest BCUT2D eigenvalue weighted by Crippen LogP contribution is 2.31. The number of nitrogens with two attached hydrogens (primary N) is 2. The molecule has 0 saturated carbocycles. The van der Waals surface area contributed by atoms with Crippen molar-refractivity contribution in [1.29, 1.82) is 0 Å². The number of halogens is 1. The molecule has 5 N–H and O–H groups in total. The van der Waals surface area contributed by atoms with Crippen molar-refractivity contribution in [2.45, 2.75) is 0 Å². The maximum atomic E-state index is 5.90. The Balaban J connectivity index is 0.00000192. The first-order valence-corrected chi connectivity index (χ1v) is 6.93. The summed E-state index contributed by atoms with van der Waals surface area (Å²) in [6.45, 7) is 0. The van der Waals surface area contributed by atoms with E-state index in [-0.39, 0.29) is 24.3 Å². The molecule has 0 radical (unpaired) electrons. The van der Waals surface area contributed by atoms with Gasteiger partial charge in [-0.2, -0.15) is 4.99 Å². The van der Waals surface area contributed by atoms with Gasteiger partial charge in [0.05, 0.1) is 0 Å². The molecule has 118 valence electrons. The van der Waals surface area contributed by atoms with Crippen molar-refractivity contribution >= 4 is 51.6 Å². The normalized spacial score (nSPS) is 12.2. The Morgan fingerprint density at radius 1 is 0.913 bits per heavy atom. The van der Waals surface area contributed by atoms with Crippen LogP contribution in [0.4, 0.5) is 5.69 Å². The van der Waals surface area contributed by atoms with Crippen LogP contribution in [0.25, 0.3) is 21.5 Å². The lowest BCUT2D eigenvalue weighted by molar-refractivity contribution is 1.34.